The summed E-state index contributed by atoms with van der Waals surface area (Å²) in [7, 11) is 0. The molecule has 0 saturated carbocycles. The van der Waals surface area contributed by atoms with Crippen LogP contribution in [0, 0.1) is 0 Å². The van der Waals surface area contributed by atoms with Gasteiger partial charge < -0.3 is 0 Å². The first-order valence-corrected chi connectivity index (χ1v) is 6.82. The largest absolute Gasteiger partial charge is 0.0655 e. The monoisotopic (exact) mass is 246 g/mol. The van der Waals surface area contributed by atoms with Crippen LogP contribution in [0.2, 0.25) is 0 Å². The van der Waals surface area contributed by atoms with Crippen molar-refractivity contribution in [2.24, 2.45) is 0 Å². The van der Waals surface area contributed by atoms with Gasteiger partial charge in [0, 0.05) is 5.92 Å². The van der Waals surface area contributed by atoms with Crippen LogP contribution in [-0.4, -0.2) is 0 Å². The Kier molecular flexibility index (Phi) is 3.33. The van der Waals surface area contributed by atoms with E-state index >= 15 is 0 Å². The fourth-order valence-electron chi connectivity index (χ4n) is 2.73. The van der Waals surface area contributed by atoms with Crippen molar-refractivity contribution >= 4 is 5.57 Å². The lowest BCUT2D eigenvalue weighted by Crippen LogP contribution is -2.05. The molecule has 19 heavy (non-hydrogen) atoms. The van der Waals surface area contributed by atoms with E-state index in [4.69, 9.17) is 0 Å². The van der Waals surface area contributed by atoms with Gasteiger partial charge in [-0.15, -0.1) is 0 Å². The molecule has 0 spiro atoms. The van der Waals surface area contributed by atoms with Crippen LogP contribution < -0.4 is 0 Å². The van der Waals surface area contributed by atoms with Gasteiger partial charge in [0.15, 0.2) is 0 Å². The van der Waals surface area contributed by atoms with Crippen LogP contribution in [-0.2, 0) is 0 Å². The van der Waals surface area contributed by atoms with E-state index in [-0.39, 0.29) is 0 Å². The summed E-state index contributed by atoms with van der Waals surface area (Å²) in [4.78, 5) is 0. The van der Waals surface area contributed by atoms with E-state index in [0.29, 0.717) is 5.92 Å². The van der Waals surface area contributed by atoms with E-state index in [1.807, 2.05) is 0 Å². The van der Waals surface area contributed by atoms with Gasteiger partial charge >= 0.3 is 0 Å². The van der Waals surface area contributed by atoms with E-state index in [1.165, 1.54) is 22.3 Å². The summed E-state index contributed by atoms with van der Waals surface area (Å²) in [5.74, 6) is 0.515. The SMILES string of the molecule is CC1=CC=C(c2ccccc2)CC1c1ccccc1. The van der Waals surface area contributed by atoms with E-state index in [1.54, 1.807) is 0 Å². The zero-order chi connectivity index (χ0) is 13.1. The summed E-state index contributed by atoms with van der Waals surface area (Å²) in [6.45, 7) is 2.23. The number of allylic oxidation sites excluding steroid dienone is 4. The Morgan fingerprint density at radius 3 is 2.11 bits per heavy atom. The second-order valence-electron chi connectivity index (χ2n) is 5.14. The van der Waals surface area contributed by atoms with Crippen molar-refractivity contribution in [1.82, 2.24) is 0 Å². The molecule has 94 valence electrons. The minimum absolute atomic E-state index is 0.515. The first-order valence-electron chi connectivity index (χ1n) is 6.82. The lowest BCUT2D eigenvalue weighted by Gasteiger charge is -2.23. The smallest absolute Gasteiger partial charge is 0.00891 e. The quantitative estimate of drug-likeness (QED) is 0.683. The van der Waals surface area contributed by atoms with E-state index in [9.17, 15) is 0 Å². The number of hydrogen-bond donors (Lipinski definition) is 0. The zero-order valence-electron chi connectivity index (χ0n) is 11.2. The standard InChI is InChI=1S/C19H18/c1-15-12-13-18(16-8-4-2-5-9-16)14-19(15)17-10-6-3-7-11-17/h2-13,19H,14H2,1H3. The lowest BCUT2D eigenvalue weighted by molar-refractivity contribution is 0.810. The molecule has 0 aliphatic heterocycles. The number of benzene rings is 2. The molecule has 0 fully saturated rings. The molecule has 1 unspecified atom stereocenters. The first kappa shape index (κ1) is 12.0. The Morgan fingerprint density at radius 1 is 0.789 bits per heavy atom. The Hall–Kier alpha value is -2.08. The third-order valence-electron chi connectivity index (χ3n) is 3.87. The van der Waals surface area contributed by atoms with Gasteiger partial charge in [-0.1, -0.05) is 78.4 Å². The van der Waals surface area contributed by atoms with Crippen molar-refractivity contribution in [1.29, 1.82) is 0 Å². The normalized spacial score (nSPS) is 18.7. The third kappa shape index (κ3) is 2.53. The molecule has 0 nitrogen and oxygen atoms in total. The maximum atomic E-state index is 2.27. The van der Waals surface area contributed by atoms with Gasteiger partial charge in [-0.2, -0.15) is 0 Å². The van der Waals surface area contributed by atoms with Crippen LogP contribution in [0.5, 0.6) is 0 Å². The predicted molar refractivity (Wildman–Crippen MR) is 82.0 cm³/mol. The highest BCUT2D eigenvalue weighted by Gasteiger charge is 2.18. The van der Waals surface area contributed by atoms with Gasteiger partial charge in [0.1, 0.15) is 0 Å². The van der Waals surface area contributed by atoms with Crippen LogP contribution in [0.4, 0.5) is 0 Å². The minimum atomic E-state index is 0.515. The highest BCUT2D eigenvalue weighted by Crippen LogP contribution is 2.37. The Balaban J connectivity index is 1.92. The van der Waals surface area contributed by atoms with Crippen LogP contribution >= 0.6 is 0 Å². The highest BCUT2D eigenvalue weighted by atomic mass is 14.2. The molecule has 0 amide bonds. The summed E-state index contributed by atoms with van der Waals surface area (Å²) < 4.78 is 0. The lowest BCUT2D eigenvalue weighted by atomic mass is 9.81. The van der Waals surface area contributed by atoms with Crippen molar-refractivity contribution in [3.05, 3.63) is 89.5 Å². The molecule has 1 atom stereocenters. The van der Waals surface area contributed by atoms with E-state index < -0.39 is 0 Å². The van der Waals surface area contributed by atoms with Crippen molar-refractivity contribution < 1.29 is 0 Å². The maximum absolute atomic E-state index is 2.27. The second kappa shape index (κ2) is 5.27. The van der Waals surface area contributed by atoms with Gasteiger partial charge in [0.2, 0.25) is 0 Å². The molecular weight excluding hydrogens is 228 g/mol. The van der Waals surface area contributed by atoms with Gasteiger partial charge in [0.25, 0.3) is 0 Å². The van der Waals surface area contributed by atoms with Crippen LogP contribution in [0.25, 0.3) is 5.57 Å². The molecule has 3 rings (SSSR count). The molecular formula is C19H18. The van der Waals surface area contributed by atoms with Crippen LogP contribution in [0.15, 0.2) is 78.4 Å². The first-order chi connectivity index (χ1) is 9.34. The Morgan fingerprint density at radius 2 is 1.42 bits per heavy atom. The molecule has 0 N–H and O–H groups in total. The molecule has 0 aromatic heterocycles. The number of rotatable bonds is 2. The van der Waals surface area contributed by atoms with Crippen molar-refractivity contribution in [3.8, 4) is 0 Å². The topological polar surface area (TPSA) is 0 Å². The summed E-state index contributed by atoms with van der Waals surface area (Å²) >= 11 is 0. The summed E-state index contributed by atoms with van der Waals surface area (Å²) in [5.41, 5.74) is 5.64. The average Bonchev–Trinajstić information content (AvgIpc) is 2.49. The van der Waals surface area contributed by atoms with Gasteiger partial charge in [-0.25, -0.2) is 0 Å². The van der Waals surface area contributed by atoms with Gasteiger partial charge in [-0.3, -0.25) is 0 Å². The minimum Gasteiger partial charge on any atom is -0.0655 e. The molecule has 1 aliphatic carbocycles. The van der Waals surface area contributed by atoms with Crippen molar-refractivity contribution in [3.63, 3.8) is 0 Å². The maximum Gasteiger partial charge on any atom is 0.00891 e. The summed E-state index contributed by atoms with van der Waals surface area (Å²) in [6.07, 6.45) is 5.63. The van der Waals surface area contributed by atoms with Gasteiger partial charge in [-0.05, 0) is 30.0 Å². The van der Waals surface area contributed by atoms with Crippen molar-refractivity contribution in [2.45, 2.75) is 19.3 Å². The molecule has 2 aromatic carbocycles. The molecule has 1 aliphatic rings. The van der Waals surface area contributed by atoms with Gasteiger partial charge in [0.05, 0.1) is 0 Å². The summed E-state index contributed by atoms with van der Waals surface area (Å²) in [6, 6.07) is 21.5. The molecule has 0 radical (unpaired) electrons. The molecule has 0 heteroatoms. The average molecular weight is 246 g/mol. The predicted octanol–water partition coefficient (Wildman–Crippen LogP) is 5.20. The Bertz CT molecular complexity index is 603. The molecule has 0 bridgehead atoms. The number of hydrogen-bond acceptors (Lipinski definition) is 0. The van der Waals surface area contributed by atoms with E-state index in [0.717, 1.165) is 6.42 Å². The molecule has 0 saturated heterocycles. The fraction of sp³-hybridized carbons (Fsp3) is 0.158. The highest BCUT2D eigenvalue weighted by molar-refractivity contribution is 5.70. The molecule has 2 aromatic rings. The van der Waals surface area contributed by atoms with E-state index in [2.05, 4.69) is 79.7 Å². The second-order valence-corrected chi connectivity index (χ2v) is 5.14. The zero-order valence-corrected chi connectivity index (χ0v) is 11.2. The Labute approximate surface area is 115 Å². The van der Waals surface area contributed by atoms with Crippen LogP contribution in [0.1, 0.15) is 30.4 Å². The van der Waals surface area contributed by atoms with Crippen molar-refractivity contribution in [2.75, 3.05) is 0 Å². The van der Waals surface area contributed by atoms with Crippen LogP contribution in [0.3, 0.4) is 0 Å². The molecule has 0 heterocycles. The summed E-state index contributed by atoms with van der Waals surface area (Å²) in [5, 5.41) is 0. The third-order valence-corrected chi connectivity index (χ3v) is 3.87. The fourth-order valence-corrected chi connectivity index (χ4v) is 2.73.